The molecule has 2 unspecified atom stereocenters. The first-order chi connectivity index (χ1) is 11.0. The van der Waals surface area contributed by atoms with Crippen LogP contribution in [0.3, 0.4) is 0 Å². The van der Waals surface area contributed by atoms with Crippen LogP contribution in [0.5, 0.6) is 11.5 Å². The lowest BCUT2D eigenvalue weighted by atomic mass is 9.98. The molecule has 0 aliphatic carbocycles. The summed E-state index contributed by atoms with van der Waals surface area (Å²) in [5.41, 5.74) is 7.09. The maximum Gasteiger partial charge on any atom is 0.166 e. The molecule has 0 aromatic heterocycles. The average Bonchev–Trinajstić information content (AvgIpc) is 2.87. The zero-order valence-electron chi connectivity index (χ0n) is 14.1. The van der Waals surface area contributed by atoms with Crippen molar-refractivity contribution >= 4 is 15.9 Å². The predicted molar refractivity (Wildman–Crippen MR) is 95.1 cm³/mol. The van der Waals surface area contributed by atoms with Gasteiger partial charge in [-0.05, 0) is 45.1 Å². The number of likely N-dealkylation sites (tertiary alicyclic amines) is 2. The molecule has 0 amide bonds. The highest BCUT2D eigenvalue weighted by Gasteiger charge is 2.34. The molecule has 0 spiro atoms. The number of likely N-dealkylation sites (N-methyl/N-ethyl adjacent to an activating group) is 1. The van der Waals surface area contributed by atoms with Gasteiger partial charge in [-0.2, -0.15) is 0 Å². The molecule has 128 valence electrons. The quantitative estimate of drug-likeness (QED) is 0.843. The van der Waals surface area contributed by atoms with Crippen molar-refractivity contribution in [2.24, 2.45) is 11.7 Å². The largest absolute Gasteiger partial charge is 0.493 e. The number of methoxy groups -OCH3 is 1. The number of rotatable bonds is 5. The molecule has 3 rings (SSSR count). The first kappa shape index (κ1) is 17.0. The molecule has 2 atom stereocenters. The van der Waals surface area contributed by atoms with Crippen molar-refractivity contribution in [3.8, 4) is 11.5 Å². The smallest absolute Gasteiger partial charge is 0.166 e. The summed E-state index contributed by atoms with van der Waals surface area (Å²) in [4.78, 5) is 4.63. The second-order valence-electron chi connectivity index (χ2n) is 6.78. The van der Waals surface area contributed by atoms with Crippen molar-refractivity contribution in [2.45, 2.75) is 18.6 Å². The van der Waals surface area contributed by atoms with Crippen molar-refractivity contribution in [1.82, 2.24) is 9.80 Å². The van der Waals surface area contributed by atoms with E-state index in [0.29, 0.717) is 12.0 Å². The summed E-state index contributed by atoms with van der Waals surface area (Å²) in [6, 6.07) is 4.47. The Kier molecular flexibility index (Phi) is 5.16. The van der Waals surface area contributed by atoms with Gasteiger partial charge in [-0.1, -0.05) is 15.9 Å². The van der Waals surface area contributed by atoms with Crippen molar-refractivity contribution in [3.05, 3.63) is 22.2 Å². The fourth-order valence-corrected chi connectivity index (χ4v) is 4.09. The molecule has 0 saturated carbocycles. The van der Waals surface area contributed by atoms with Gasteiger partial charge in [0.1, 0.15) is 6.10 Å². The highest BCUT2D eigenvalue weighted by atomic mass is 79.9. The van der Waals surface area contributed by atoms with Crippen LogP contribution >= 0.6 is 15.9 Å². The highest BCUT2D eigenvalue weighted by molar-refractivity contribution is 9.10. The van der Waals surface area contributed by atoms with E-state index in [1.54, 1.807) is 7.11 Å². The molecule has 23 heavy (non-hydrogen) atoms. The third-order valence-corrected chi connectivity index (χ3v) is 5.37. The second kappa shape index (κ2) is 6.97. The van der Waals surface area contributed by atoms with E-state index in [1.165, 1.54) is 5.56 Å². The number of halogens is 1. The molecule has 2 aliphatic rings. The molecule has 5 nitrogen and oxygen atoms in total. The van der Waals surface area contributed by atoms with Crippen LogP contribution in [0.2, 0.25) is 0 Å². The molecule has 2 aliphatic heterocycles. The maximum atomic E-state index is 6.31. The Hall–Kier alpha value is -0.820. The Morgan fingerprint density at radius 1 is 1.26 bits per heavy atom. The summed E-state index contributed by atoms with van der Waals surface area (Å²) in [7, 11) is 5.97. The van der Waals surface area contributed by atoms with Crippen molar-refractivity contribution in [3.63, 3.8) is 0 Å². The van der Waals surface area contributed by atoms with Gasteiger partial charge >= 0.3 is 0 Å². The SMILES string of the molecule is COc1cc(Br)cc(C2CC(CN)CN2C)c1OC1CN(C)C1. The van der Waals surface area contributed by atoms with Crippen molar-refractivity contribution < 1.29 is 9.47 Å². The molecular weight excluding hydrogens is 358 g/mol. The maximum absolute atomic E-state index is 6.31. The van der Waals surface area contributed by atoms with Gasteiger partial charge in [0.15, 0.2) is 11.5 Å². The van der Waals surface area contributed by atoms with E-state index >= 15 is 0 Å². The summed E-state index contributed by atoms with van der Waals surface area (Å²) < 4.78 is 12.9. The molecule has 1 aromatic rings. The van der Waals surface area contributed by atoms with E-state index < -0.39 is 0 Å². The van der Waals surface area contributed by atoms with Crippen LogP contribution in [-0.4, -0.2) is 63.3 Å². The Morgan fingerprint density at radius 3 is 2.57 bits per heavy atom. The number of nitrogens with zero attached hydrogens (tertiary/aromatic N) is 2. The third kappa shape index (κ3) is 3.50. The standard InChI is InChI=1S/C17H26BrN3O2/c1-20-9-13(10-20)23-17-14(5-12(18)6-16(17)22-3)15-4-11(7-19)8-21(15)2/h5-6,11,13,15H,4,7-10,19H2,1-3H3. The lowest BCUT2D eigenvalue weighted by Gasteiger charge is -2.37. The molecular formula is C17H26BrN3O2. The van der Waals surface area contributed by atoms with Gasteiger partial charge in [0, 0.05) is 35.7 Å². The fourth-order valence-electron chi connectivity index (χ4n) is 3.64. The van der Waals surface area contributed by atoms with Gasteiger partial charge in [-0.3, -0.25) is 9.80 Å². The van der Waals surface area contributed by atoms with Crippen molar-refractivity contribution in [2.75, 3.05) is 47.4 Å². The lowest BCUT2D eigenvalue weighted by Crippen LogP contribution is -2.51. The first-order valence-electron chi connectivity index (χ1n) is 8.14. The number of hydrogen-bond donors (Lipinski definition) is 1. The normalized spacial score (nSPS) is 26.3. The van der Waals surface area contributed by atoms with E-state index in [4.69, 9.17) is 15.2 Å². The average molecular weight is 384 g/mol. The molecule has 2 fully saturated rings. The monoisotopic (exact) mass is 383 g/mol. The van der Waals surface area contributed by atoms with E-state index in [0.717, 1.165) is 48.6 Å². The van der Waals surface area contributed by atoms with Gasteiger partial charge in [-0.15, -0.1) is 0 Å². The van der Waals surface area contributed by atoms with Crippen LogP contribution in [0, 0.1) is 5.92 Å². The van der Waals surface area contributed by atoms with Crippen LogP contribution in [0.15, 0.2) is 16.6 Å². The van der Waals surface area contributed by atoms with E-state index in [9.17, 15) is 0 Å². The van der Waals surface area contributed by atoms with E-state index in [2.05, 4.69) is 45.9 Å². The van der Waals surface area contributed by atoms with Crippen molar-refractivity contribution in [1.29, 1.82) is 0 Å². The van der Waals surface area contributed by atoms with Crippen LogP contribution in [0.1, 0.15) is 18.0 Å². The predicted octanol–water partition coefficient (Wildman–Crippen LogP) is 2.10. The lowest BCUT2D eigenvalue weighted by molar-refractivity contribution is 0.0354. The Labute approximate surface area is 146 Å². The number of benzene rings is 1. The first-order valence-corrected chi connectivity index (χ1v) is 8.94. The van der Waals surface area contributed by atoms with Gasteiger partial charge < -0.3 is 15.2 Å². The van der Waals surface area contributed by atoms with Gasteiger partial charge in [0.25, 0.3) is 0 Å². The summed E-state index contributed by atoms with van der Waals surface area (Å²) in [6.45, 7) is 3.69. The summed E-state index contributed by atoms with van der Waals surface area (Å²) in [5, 5.41) is 0. The minimum absolute atomic E-state index is 0.242. The minimum Gasteiger partial charge on any atom is -0.493 e. The van der Waals surface area contributed by atoms with Crippen LogP contribution < -0.4 is 15.2 Å². The Morgan fingerprint density at radius 2 is 2.00 bits per heavy atom. The molecule has 0 radical (unpaired) electrons. The summed E-state index contributed by atoms with van der Waals surface area (Å²) >= 11 is 3.61. The van der Waals surface area contributed by atoms with E-state index in [1.807, 2.05) is 6.07 Å². The molecule has 0 bridgehead atoms. The Bertz CT molecular complexity index is 563. The number of hydrogen-bond acceptors (Lipinski definition) is 5. The molecule has 6 heteroatoms. The third-order valence-electron chi connectivity index (χ3n) is 4.91. The Balaban J connectivity index is 1.92. The molecule has 1 aromatic carbocycles. The number of nitrogens with two attached hydrogens (primary N) is 1. The molecule has 2 heterocycles. The zero-order valence-corrected chi connectivity index (χ0v) is 15.7. The fraction of sp³-hybridized carbons (Fsp3) is 0.647. The second-order valence-corrected chi connectivity index (χ2v) is 7.70. The summed E-state index contributed by atoms with van der Waals surface area (Å²) in [5.74, 6) is 2.23. The summed E-state index contributed by atoms with van der Waals surface area (Å²) in [6.07, 6.45) is 1.30. The van der Waals surface area contributed by atoms with E-state index in [-0.39, 0.29) is 6.10 Å². The van der Waals surface area contributed by atoms with Crippen LogP contribution in [0.25, 0.3) is 0 Å². The van der Waals surface area contributed by atoms with Crippen LogP contribution in [-0.2, 0) is 0 Å². The number of ether oxygens (including phenoxy) is 2. The highest BCUT2D eigenvalue weighted by Crippen LogP contribution is 2.44. The van der Waals surface area contributed by atoms with Gasteiger partial charge in [0.2, 0.25) is 0 Å². The van der Waals surface area contributed by atoms with Gasteiger partial charge in [0.05, 0.1) is 7.11 Å². The molecule has 2 N–H and O–H groups in total. The minimum atomic E-state index is 0.242. The molecule has 2 saturated heterocycles. The van der Waals surface area contributed by atoms with Gasteiger partial charge in [-0.25, -0.2) is 0 Å². The van der Waals surface area contributed by atoms with Crippen LogP contribution in [0.4, 0.5) is 0 Å². The topological polar surface area (TPSA) is 51.0 Å². The zero-order chi connectivity index (χ0) is 16.6.